The minimum Gasteiger partial charge on any atom is -0.469 e. The standard InChI is InChI=1S/C10H12O3/c1-3-4-8-5-6-9(13-8)7-10(11)12-2/h3,5-6H,1,4,7H2,2H3. The van der Waals surface area contributed by atoms with Crippen molar-refractivity contribution in [1.82, 2.24) is 0 Å². The molecule has 0 unspecified atom stereocenters. The average molecular weight is 180 g/mol. The lowest BCUT2D eigenvalue weighted by atomic mass is 10.3. The van der Waals surface area contributed by atoms with Crippen LogP contribution in [0.15, 0.2) is 29.2 Å². The van der Waals surface area contributed by atoms with E-state index in [9.17, 15) is 4.79 Å². The van der Waals surface area contributed by atoms with Gasteiger partial charge >= 0.3 is 5.97 Å². The van der Waals surface area contributed by atoms with Crippen LogP contribution in [0.1, 0.15) is 11.5 Å². The molecule has 3 nitrogen and oxygen atoms in total. The van der Waals surface area contributed by atoms with E-state index in [1.165, 1.54) is 7.11 Å². The number of carbonyl (C=O) groups is 1. The van der Waals surface area contributed by atoms with Gasteiger partial charge in [-0.2, -0.15) is 0 Å². The molecule has 0 aliphatic rings. The normalized spacial score (nSPS) is 9.62. The molecule has 1 aromatic heterocycles. The maximum Gasteiger partial charge on any atom is 0.313 e. The fourth-order valence-electron chi connectivity index (χ4n) is 0.984. The van der Waals surface area contributed by atoms with E-state index in [-0.39, 0.29) is 12.4 Å². The Morgan fingerprint density at radius 3 is 2.92 bits per heavy atom. The summed E-state index contributed by atoms with van der Waals surface area (Å²) < 4.78 is 9.83. The van der Waals surface area contributed by atoms with E-state index < -0.39 is 0 Å². The highest BCUT2D eigenvalue weighted by atomic mass is 16.5. The number of hydrogen-bond acceptors (Lipinski definition) is 3. The van der Waals surface area contributed by atoms with Crippen LogP contribution in [0.5, 0.6) is 0 Å². The zero-order chi connectivity index (χ0) is 9.68. The molecule has 0 radical (unpaired) electrons. The van der Waals surface area contributed by atoms with E-state index in [4.69, 9.17) is 4.42 Å². The van der Waals surface area contributed by atoms with E-state index in [1.807, 2.05) is 6.07 Å². The first-order valence-corrected chi connectivity index (χ1v) is 4.01. The molecular weight excluding hydrogens is 168 g/mol. The maximum absolute atomic E-state index is 10.8. The predicted octanol–water partition coefficient (Wildman–Crippen LogP) is 1.72. The van der Waals surface area contributed by atoms with E-state index >= 15 is 0 Å². The van der Waals surface area contributed by atoms with Crippen LogP contribution < -0.4 is 0 Å². The summed E-state index contributed by atoms with van der Waals surface area (Å²) in [6.45, 7) is 3.59. The maximum atomic E-state index is 10.8. The van der Waals surface area contributed by atoms with E-state index in [0.717, 1.165) is 5.76 Å². The monoisotopic (exact) mass is 180 g/mol. The number of ether oxygens (including phenoxy) is 1. The Morgan fingerprint density at radius 1 is 1.62 bits per heavy atom. The molecule has 0 saturated heterocycles. The van der Waals surface area contributed by atoms with Crippen molar-refractivity contribution in [3.05, 3.63) is 36.3 Å². The van der Waals surface area contributed by atoms with Crippen molar-refractivity contribution < 1.29 is 13.9 Å². The second-order valence-corrected chi connectivity index (χ2v) is 2.61. The molecule has 0 amide bonds. The molecule has 0 bridgehead atoms. The zero-order valence-corrected chi connectivity index (χ0v) is 7.58. The lowest BCUT2D eigenvalue weighted by Crippen LogP contribution is -2.03. The summed E-state index contributed by atoms with van der Waals surface area (Å²) in [6, 6.07) is 3.61. The van der Waals surface area contributed by atoms with Crippen LogP contribution in [-0.4, -0.2) is 13.1 Å². The Kier molecular flexibility index (Phi) is 3.31. The van der Waals surface area contributed by atoms with Crippen LogP contribution >= 0.6 is 0 Å². The van der Waals surface area contributed by atoms with Gasteiger partial charge in [0.2, 0.25) is 0 Å². The SMILES string of the molecule is C=CCc1ccc(CC(=O)OC)o1. The van der Waals surface area contributed by atoms with Gasteiger partial charge in [0.15, 0.2) is 0 Å². The van der Waals surface area contributed by atoms with E-state index in [0.29, 0.717) is 12.2 Å². The Bertz CT molecular complexity index is 299. The van der Waals surface area contributed by atoms with Crippen molar-refractivity contribution in [1.29, 1.82) is 0 Å². The van der Waals surface area contributed by atoms with Gasteiger partial charge in [0.05, 0.1) is 7.11 Å². The molecule has 0 aliphatic heterocycles. The first kappa shape index (κ1) is 9.58. The second kappa shape index (κ2) is 4.50. The molecule has 1 heterocycles. The van der Waals surface area contributed by atoms with Crippen molar-refractivity contribution in [3.63, 3.8) is 0 Å². The van der Waals surface area contributed by atoms with Gasteiger partial charge in [0.1, 0.15) is 17.9 Å². The van der Waals surface area contributed by atoms with E-state index in [1.54, 1.807) is 12.1 Å². The molecule has 0 aliphatic carbocycles. The minimum absolute atomic E-state index is 0.188. The first-order valence-electron chi connectivity index (χ1n) is 4.01. The van der Waals surface area contributed by atoms with Crippen LogP contribution in [0.3, 0.4) is 0 Å². The summed E-state index contributed by atoms with van der Waals surface area (Å²) in [7, 11) is 1.36. The number of hydrogen-bond donors (Lipinski definition) is 0. The van der Waals surface area contributed by atoms with Gasteiger partial charge in [-0.3, -0.25) is 4.79 Å². The van der Waals surface area contributed by atoms with Gasteiger partial charge in [-0.15, -0.1) is 6.58 Å². The molecule has 0 N–H and O–H groups in total. The van der Waals surface area contributed by atoms with Gasteiger partial charge in [-0.1, -0.05) is 6.08 Å². The molecule has 1 aromatic rings. The highest BCUT2D eigenvalue weighted by Gasteiger charge is 2.06. The Morgan fingerprint density at radius 2 is 2.31 bits per heavy atom. The quantitative estimate of drug-likeness (QED) is 0.523. The lowest BCUT2D eigenvalue weighted by molar-refractivity contribution is -0.140. The molecule has 0 fully saturated rings. The molecule has 70 valence electrons. The smallest absolute Gasteiger partial charge is 0.313 e. The van der Waals surface area contributed by atoms with Crippen LogP contribution in [-0.2, 0) is 22.4 Å². The van der Waals surface area contributed by atoms with Crippen LogP contribution in [0.25, 0.3) is 0 Å². The van der Waals surface area contributed by atoms with Crippen molar-refractivity contribution in [2.45, 2.75) is 12.8 Å². The molecule has 13 heavy (non-hydrogen) atoms. The fraction of sp³-hybridized carbons (Fsp3) is 0.300. The van der Waals surface area contributed by atoms with Crippen molar-refractivity contribution >= 4 is 5.97 Å². The summed E-state index contributed by atoms with van der Waals surface area (Å²) in [4.78, 5) is 10.8. The summed E-state index contributed by atoms with van der Waals surface area (Å²) in [6.07, 6.45) is 2.62. The predicted molar refractivity (Wildman–Crippen MR) is 48.3 cm³/mol. The summed E-state index contributed by atoms with van der Waals surface area (Å²) >= 11 is 0. The average Bonchev–Trinajstić information content (AvgIpc) is 2.53. The molecule has 0 aromatic carbocycles. The van der Waals surface area contributed by atoms with Gasteiger partial charge in [0, 0.05) is 6.42 Å². The summed E-state index contributed by atoms with van der Waals surface area (Å²) in [5, 5.41) is 0. The number of allylic oxidation sites excluding steroid dienone is 1. The van der Waals surface area contributed by atoms with E-state index in [2.05, 4.69) is 11.3 Å². The summed E-state index contributed by atoms with van der Waals surface area (Å²) in [5.41, 5.74) is 0. The molecule has 3 heteroatoms. The zero-order valence-electron chi connectivity index (χ0n) is 7.58. The third-order valence-corrected chi connectivity index (χ3v) is 1.61. The van der Waals surface area contributed by atoms with Gasteiger partial charge in [-0.05, 0) is 12.1 Å². The third-order valence-electron chi connectivity index (χ3n) is 1.61. The Balaban J connectivity index is 2.58. The van der Waals surface area contributed by atoms with Crippen molar-refractivity contribution in [3.8, 4) is 0 Å². The highest BCUT2D eigenvalue weighted by Crippen LogP contribution is 2.09. The molecular formula is C10H12O3. The van der Waals surface area contributed by atoms with Crippen molar-refractivity contribution in [2.75, 3.05) is 7.11 Å². The molecule has 0 saturated carbocycles. The number of rotatable bonds is 4. The van der Waals surface area contributed by atoms with Crippen LogP contribution in [0, 0.1) is 0 Å². The van der Waals surface area contributed by atoms with Crippen LogP contribution in [0.4, 0.5) is 0 Å². The van der Waals surface area contributed by atoms with Crippen molar-refractivity contribution in [2.24, 2.45) is 0 Å². The number of carbonyl (C=O) groups excluding carboxylic acids is 1. The second-order valence-electron chi connectivity index (χ2n) is 2.61. The molecule has 1 rings (SSSR count). The summed E-state index contributed by atoms with van der Waals surface area (Å²) in [5.74, 6) is 1.15. The minimum atomic E-state index is -0.292. The Hall–Kier alpha value is -1.51. The third kappa shape index (κ3) is 2.78. The fourth-order valence-corrected chi connectivity index (χ4v) is 0.984. The molecule has 0 spiro atoms. The number of methoxy groups -OCH3 is 1. The number of furan rings is 1. The van der Waals surface area contributed by atoms with Crippen LogP contribution in [0.2, 0.25) is 0 Å². The molecule has 0 atom stereocenters. The highest BCUT2D eigenvalue weighted by molar-refractivity contribution is 5.71. The van der Waals surface area contributed by atoms with Gasteiger partial charge < -0.3 is 9.15 Å². The lowest BCUT2D eigenvalue weighted by Gasteiger charge is -1.94. The Labute approximate surface area is 77.0 Å². The van der Waals surface area contributed by atoms with Gasteiger partial charge in [0.25, 0.3) is 0 Å². The van der Waals surface area contributed by atoms with Gasteiger partial charge in [-0.25, -0.2) is 0 Å². The number of esters is 1. The first-order chi connectivity index (χ1) is 6.26. The largest absolute Gasteiger partial charge is 0.469 e. The topological polar surface area (TPSA) is 39.4 Å².